The first-order chi connectivity index (χ1) is 14.4. The number of benzene rings is 2. The predicted octanol–water partition coefficient (Wildman–Crippen LogP) is 4.00. The number of carboxylic acid groups (broad SMARTS) is 1. The summed E-state index contributed by atoms with van der Waals surface area (Å²) >= 11 is 0. The van der Waals surface area contributed by atoms with Crippen molar-refractivity contribution in [1.82, 2.24) is 9.97 Å². The molecule has 8 heteroatoms. The molecule has 0 atom stereocenters. The molecule has 156 valence electrons. The molecule has 0 spiro atoms. The molecule has 2 aromatic carbocycles. The first-order valence-corrected chi connectivity index (χ1v) is 9.34. The SMILES string of the molecule is Cc1cccc(OCCNc2ncc(C(=O)O)c(COc3ccc(F)cc3)n2)c1C. The standard InChI is InChI=1S/C22H22FN3O4/c1-14-4-3-5-20(15(14)2)29-11-10-24-22-25-12-18(21(27)28)19(26-22)13-30-17-8-6-16(23)7-9-17/h3-9,12H,10-11,13H2,1-2H3,(H,27,28)(H,24,25,26). The maximum Gasteiger partial charge on any atom is 0.339 e. The van der Waals surface area contributed by atoms with Crippen LogP contribution in [-0.4, -0.2) is 34.2 Å². The molecule has 0 bridgehead atoms. The van der Waals surface area contributed by atoms with E-state index >= 15 is 0 Å². The highest BCUT2D eigenvalue weighted by Gasteiger charge is 2.14. The minimum Gasteiger partial charge on any atom is -0.491 e. The van der Waals surface area contributed by atoms with Crippen molar-refractivity contribution in [2.24, 2.45) is 0 Å². The maximum absolute atomic E-state index is 13.0. The quantitative estimate of drug-likeness (QED) is 0.514. The highest BCUT2D eigenvalue weighted by molar-refractivity contribution is 5.88. The minimum atomic E-state index is -1.16. The molecule has 7 nitrogen and oxygen atoms in total. The highest BCUT2D eigenvalue weighted by atomic mass is 19.1. The summed E-state index contributed by atoms with van der Waals surface area (Å²) in [6.07, 6.45) is 1.23. The Morgan fingerprint density at radius 3 is 2.63 bits per heavy atom. The van der Waals surface area contributed by atoms with E-state index in [0.29, 0.717) is 18.9 Å². The Morgan fingerprint density at radius 2 is 1.90 bits per heavy atom. The van der Waals surface area contributed by atoms with Gasteiger partial charge in [0.1, 0.15) is 36.1 Å². The fraction of sp³-hybridized carbons (Fsp3) is 0.227. The molecular weight excluding hydrogens is 389 g/mol. The second-order valence-electron chi connectivity index (χ2n) is 6.58. The third-order valence-electron chi connectivity index (χ3n) is 4.48. The number of carbonyl (C=O) groups is 1. The lowest BCUT2D eigenvalue weighted by Crippen LogP contribution is -2.16. The van der Waals surface area contributed by atoms with Crippen LogP contribution in [0, 0.1) is 19.7 Å². The van der Waals surface area contributed by atoms with Gasteiger partial charge in [0.2, 0.25) is 5.95 Å². The van der Waals surface area contributed by atoms with Gasteiger partial charge in [-0.15, -0.1) is 0 Å². The number of rotatable bonds is 9. The largest absolute Gasteiger partial charge is 0.491 e. The third kappa shape index (κ3) is 5.44. The summed E-state index contributed by atoms with van der Waals surface area (Å²) < 4.78 is 24.3. The van der Waals surface area contributed by atoms with E-state index in [4.69, 9.17) is 9.47 Å². The molecule has 1 aromatic heterocycles. The van der Waals surface area contributed by atoms with Crippen LogP contribution in [-0.2, 0) is 6.61 Å². The summed E-state index contributed by atoms with van der Waals surface area (Å²) in [6, 6.07) is 11.3. The van der Waals surface area contributed by atoms with Gasteiger partial charge in [-0.25, -0.2) is 19.2 Å². The summed E-state index contributed by atoms with van der Waals surface area (Å²) in [6.45, 7) is 4.74. The number of halogens is 1. The number of hydrogen-bond acceptors (Lipinski definition) is 6. The van der Waals surface area contributed by atoms with E-state index in [-0.39, 0.29) is 29.6 Å². The van der Waals surface area contributed by atoms with Crippen LogP contribution in [0.1, 0.15) is 27.2 Å². The van der Waals surface area contributed by atoms with Crippen molar-refractivity contribution in [3.05, 3.63) is 76.9 Å². The smallest absolute Gasteiger partial charge is 0.339 e. The second kappa shape index (κ2) is 9.69. The van der Waals surface area contributed by atoms with Crippen molar-refractivity contribution in [3.8, 4) is 11.5 Å². The minimum absolute atomic E-state index is 0.0608. The van der Waals surface area contributed by atoms with Crippen LogP contribution in [0.25, 0.3) is 0 Å². The van der Waals surface area contributed by atoms with Crippen molar-refractivity contribution >= 4 is 11.9 Å². The molecule has 0 saturated carbocycles. The van der Waals surface area contributed by atoms with Gasteiger partial charge >= 0.3 is 5.97 Å². The molecule has 0 fully saturated rings. The zero-order valence-corrected chi connectivity index (χ0v) is 16.7. The molecule has 30 heavy (non-hydrogen) atoms. The number of nitrogens with one attached hydrogen (secondary N) is 1. The topological polar surface area (TPSA) is 93.6 Å². The summed E-state index contributed by atoms with van der Waals surface area (Å²) in [4.78, 5) is 19.7. The molecule has 0 aliphatic rings. The van der Waals surface area contributed by atoms with E-state index in [2.05, 4.69) is 15.3 Å². The number of ether oxygens (including phenoxy) is 2. The van der Waals surface area contributed by atoms with E-state index in [1.165, 1.54) is 30.5 Å². The van der Waals surface area contributed by atoms with Gasteiger partial charge in [0.25, 0.3) is 0 Å². The van der Waals surface area contributed by atoms with Crippen molar-refractivity contribution in [3.63, 3.8) is 0 Å². The zero-order chi connectivity index (χ0) is 21.5. The molecular formula is C22H22FN3O4. The lowest BCUT2D eigenvalue weighted by atomic mass is 10.1. The van der Waals surface area contributed by atoms with Gasteiger partial charge in [-0.1, -0.05) is 12.1 Å². The lowest BCUT2D eigenvalue weighted by Gasteiger charge is -2.12. The average molecular weight is 411 g/mol. The first kappa shape index (κ1) is 21.0. The fourth-order valence-corrected chi connectivity index (χ4v) is 2.68. The molecule has 0 saturated heterocycles. The van der Waals surface area contributed by atoms with Gasteiger partial charge in [-0.3, -0.25) is 0 Å². The number of hydrogen-bond donors (Lipinski definition) is 2. The molecule has 1 heterocycles. The molecule has 3 rings (SSSR count). The van der Waals surface area contributed by atoms with Gasteiger partial charge in [0.05, 0.1) is 12.2 Å². The van der Waals surface area contributed by atoms with E-state index in [1.807, 2.05) is 32.0 Å². The van der Waals surface area contributed by atoms with Gasteiger partial charge < -0.3 is 19.9 Å². The number of aryl methyl sites for hydroxylation is 1. The van der Waals surface area contributed by atoms with Crippen LogP contribution in [0.5, 0.6) is 11.5 Å². The van der Waals surface area contributed by atoms with Gasteiger partial charge in [0, 0.05) is 6.20 Å². The third-order valence-corrected chi connectivity index (χ3v) is 4.48. The normalized spacial score (nSPS) is 10.5. The van der Waals surface area contributed by atoms with Crippen LogP contribution >= 0.6 is 0 Å². The van der Waals surface area contributed by atoms with Gasteiger partial charge in [-0.2, -0.15) is 0 Å². The Kier molecular flexibility index (Phi) is 6.79. The Balaban J connectivity index is 1.61. The maximum atomic E-state index is 13.0. The molecule has 2 N–H and O–H groups in total. The van der Waals surface area contributed by atoms with E-state index < -0.39 is 5.97 Å². The summed E-state index contributed by atoms with van der Waals surface area (Å²) in [7, 11) is 0. The molecule has 3 aromatic rings. The summed E-state index contributed by atoms with van der Waals surface area (Å²) in [5.74, 6) is -0.0555. The molecule has 0 aliphatic carbocycles. The highest BCUT2D eigenvalue weighted by Crippen LogP contribution is 2.20. The second-order valence-corrected chi connectivity index (χ2v) is 6.58. The number of nitrogens with zero attached hydrogens (tertiary/aromatic N) is 2. The Hall–Kier alpha value is -3.68. The monoisotopic (exact) mass is 411 g/mol. The van der Waals surface area contributed by atoms with E-state index in [0.717, 1.165) is 16.9 Å². The Labute approximate surface area is 173 Å². The van der Waals surface area contributed by atoms with Crippen LogP contribution in [0.4, 0.5) is 10.3 Å². The van der Waals surface area contributed by atoms with Crippen molar-refractivity contribution < 1.29 is 23.8 Å². The number of carboxylic acids is 1. The van der Waals surface area contributed by atoms with Crippen LogP contribution in [0.2, 0.25) is 0 Å². The van der Waals surface area contributed by atoms with Crippen LogP contribution in [0.3, 0.4) is 0 Å². The first-order valence-electron chi connectivity index (χ1n) is 9.34. The van der Waals surface area contributed by atoms with Crippen molar-refractivity contribution in [1.29, 1.82) is 0 Å². The van der Waals surface area contributed by atoms with Crippen LogP contribution < -0.4 is 14.8 Å². The van der Waals surface area contributed by atoms with Crippen molar-refractivity contribution in [2.45, 2.75) is 20.5 Å². The molecule has 0 unspecified atom stereocenters. The van der Waals surface area contributed by atoms with E-state index in [9.17, 15) is 14.3 Å². The number of aromatic carboxylic acids is 1. The average Bonchev–Trinajstić information content (AvgIpc) is 2.73. The van der Waals surface area contributed by atoms with Gasteiger partial charge in [0.15, 0.2) is 0 Å². The Morgan fingerprint density at radius 1 is 1.13 bits per heavy atom. The number of aromatic nitrogens is 2. The van der Waals surface area contributed by atoms with Gasteiger partial charge in [-0.05, 0) is 55.3 Å². The summed E-state index contributed by atoms with van der Waals surface area (Å²) in [5, 5.41) is 12.4. The number of anilines is 1. The molecule has 0 aliphatic heterocycles. The Bertz CT molecular complexity index is 1030. The summed E-state index contributed by atoms with van der Waals surface area (Å²) in [5.41, 5.74) is 2.38. The fourth-order valence-electron chi connectivity index (χ4n) is 2.68. The molecule has 0 amide bonds. The van der Waals surface area contributed by atoms with Crippen molar-refractivity contribution in [2.75, 3.05) is 18.5 Å². The van der Waals surface area contributed by atoms with E-state index in [1.54, 1.807) is 0 Å². The lowest BCUT2D eigenvalue weighted by molar-refractivity contribution is 0.0692. The molecule has 0 radical (unpaired) electrons. The predicted molar refractivity (Wildman–Crippen MR) is 110 cm³/mol. The van der Waals surface area contributed by atoms with Crippen LogP contribution in [0.15, 0.2) is 48.7 Å². The zero-order valence-electron chi connectivity index (χ0n) is 16.7.